The van der Waals surface area contributed by atoms with E-state index in [2.05, 4.69) is 23.7 Å². The molecule has 4 N–H and O–H groups in total. The van der Waals surface area contributed by atoms with Gasteiger partial charge >= 0.3 is 0 Å². The van der Waals surface area contributed by atoms with Crippen molar-refractivity contribution in [3.63, 3.8) is 0 Å². The molecule has 2 heterocycles. The van der Waals surface area contributed by atoms with Crippen molar-refractivity contribution in [2.75, 3.05) is 37.3 Å². The van der Waals surface area contributed by atoms with Crippen molar-refractivity contribution in [2.24, 2.45) is 11.7 Å². The summed E-state index contributed by atoms with van der Waals surface area (Å²) in [6.07, 6.45) is 2.00. The number of amides is 1. The summed E-state index contributed by atoms with van der Waals surface area (Å²) in [7, 11) is 1.82. The molecule has 0 aliphatic carbocycles. The first-order chi connectivity index (χ1) is 9.92. The lowest BCUT2D eigenvalue weighted by Crippen LogP contribution is -2.30. The monoisotopic (exact) mass is 311 g/mol. The second-order valence-electron chi connectivity index (χ2n) is 5.90. The maximum absolute atomic E-state index is 12.5. The van der Waals surface area contributed by atoms with Gasteiger partial charge in [0.1, 0.15) is 10.7 Å². The Balaban J connectivity index is 2.09. The molecule has 2 unspecified atom stereocenters. The summed E-state index contributed by atoms with van der Waals surface area (Å²) >= 11 is 1.37. The Morgan fingerprint density at radius 2 is 2.33 bits per heavy atom. The first-order valence-electron chi connectivity index (χ1n) is 7.44. The molecular formula is C14H25N5OS. The molecule has 0 saturated carbocycles. The number of hydrogen-bond donors (Lipinski definition) is 2. The molecular weight excluding hydrogens is 286 g/mol. The van der Waals surface area contributed by atoms with E-state index in [9.17, 15) is 4.79 Å². The standard InChI is InChI=1S/C14H25N5OS/c1-4-9(2)7-18(3)13(20)11-12(16)17-14(21-11)19-6-5-10(15)8-19/h9-10H,4-8,15-16H2,1-3H3. The van der Waals surface area contributed by atoms with Crippen LogP contribution in [0, 0.1) is 5.92 Å². The summed E-state index contributed by atoms with van der Waals surface area (Å²) in [6, 6.07) is 0.183. The summed E-state index contributed by atoms with van der Waals surface area (Å²) in [5.41, 5.74) is 11.9. The van der Waals surface area contributed by atoms with Crippen LogP contribution in [0.4, 0.5) is 10.9 Å². The zero-order valence-corrected chi connectivity index (χ0v) is 13.8. The van der Waals surface area contributed by atoms with Gasteiger partial charge in [-0.05, 0) is 12.3 Å². The molecule has 2 atom stereocenters. The highest BCUT2D eigenvalue weighted by molar-refractivity contribution is 7.18. The molecule has 1 fully saturated rings. The van der Waals surface area contributed by atoms with Crippen molar-refractivity contribution >= 4 is 28.2 Å². The van der Waals surface area contributed by atoms with Crippen LogP contribution in [-0.4, -0.2) is 48.5 Å². The molecule has 1 aliphatic heterocycles. The lowest BCUT2D eigenvalue weighted by Gasteiger charge is -2.20. The van der Waals surface area contributed by atoms with E-state index >= 15 is 0 Å². The van der Waals surface area contributed by atoms with Gasteiger partial charge in [-0.1, -0.05) is 31.6 Å². The summed E-state index contributed by atoms with van der Waals surface area (Å²) in [5.74, 6) is 0.765. The fourth-order valence-corrected chi connectivity index (χ4v) is 3.44. The normalized spacial score (nSPS) is 19.8. The molecule has 1 saturated heterocycles. The van der Waals surface area contributed by atoms with Crippen molar-refractivity contribution < 1.29 is 4.79 Å². The first kappa shape index (κ1) is 16.0. The Kier molecular flexibility index (Phi) is 5.05. The molecule has 1 aliphatic rings. The molecule has 0 spiro atoms. The Bertz CT molecular complexity index is 504. The van der Waals surface area contributed by atoms with Crippen LogP contribution in [-0.2, 0) is 0 Å². The second kappa shape index (κ2) is 6.62. The largest absolute Gasteiger partial charge is 0.382 e. The third-order valence-corrected chi connectivity index (χ3v) is 5.08. The maximum Gasteiger partial charge on any atom is 0.267 e. The zero-order valence-electron chi connectivity index (χ0n) is 13.0. The Morgan fingerprint density at radius 3 is 2.90 bits per heavy atom. The number of aromatic nitrogens is 1. The third-order valence-electron chi connectivity index (χ3n) is 3.96. The molecule has 6 nitrogen and oxygen atoms in total. The topological polar surface area (TPSA) is 88.5 Å². The number of nitrogen functional groups attached to an aromatic ring is 1. The number of nitrogens with zero attached hydrogens (tertiary/aromatic N) is 3. The van der Waals surface area contributed by atoms with E-state index in [0.29, 0.717) is 16.6 Å². The lowest BCUT2D eigenvalue weighted by molar-refractivity contribution is 0.0780. The summed E-state index contributed by atoms with van der Waals surface area (Å²) in [4.78, 5) is 21.2. The minimum atomic E-state index is -0.0416. The van der Waals surface area contributed by atoms with E-state index in [0.717, 1.165) is 37.6 Å². The van der Waals surface area contributed by atoms with Crippen molar-refractivity contribution in [3.8, 4) is 0 Å². The smallest absolute Gasteiger partial charge is 0.267 e. The van der Waals surface area contributed by atoms with Gasteiger partial charge in [-0.25, -0.2) is 4.98 Å². The Labute approximate surface area is 130 Å². The highest BCUT2D eigenvalue weighted by Crippen LogP contribution is 2.31. The van der Waals surface area contributed by atoms with E-state index in [4.69, 9.17) is 11.5 Å². The minimum absolute atomic E-state index is 0.0416. The minimum Gasteiger partial charge on any atom is -0.382 e. The van der Waals surface area contributed by atoms with Crippen LogP contribution < -0.4 is 16.4 Å². The summed E-state index contributed by atoms with van der Waals surface area (Å²) in [6.45, 7) is 6.65. The number of nitrogens with two attached hydrogens (primary N) is 2. The average molecular weight is 311 g/mol. The number of rotatable bonds is 5. The lowest BCUT2D eigenvalue weighted by atomic mass is 10.1. The second-order valence-corrected chi connectivity index (χ2v) is 6.88. The first-order valence-corrected chi connectivity index (χ1v) is 8.26. The molecule has 7 heteroatoms. The van der Waals surface area contributed by atoms with Gasteiger partial charge in [0, 0.05) is 32.7 Å². The molecule has 0 bridgehead atoms. The van der Waals surface area contributed by atoms with Crippen molar-refractivity contribution in [3.05, 3.63) is 4.88 Å². The predicted octanol–water partition coefficient (Wildman–Crippen LogP) is 1.38. The van der Waals surface area contributed by atoms with E-state index in [1.165, 1.54) is 11.3 Å². The van der Waals surface area contributed by atoms with Crippen LogP contribution in [0.3, 0.4) is 0 Å². The van der Waals surface area contributed by atoms with Gasteiger partial charge < -0.3 is 21.3 Å². The molecule has 118 valence electrons. The molecule has 1 amide bonds. The van der Waals surface area contributed by atoms with Crippen LogP contribution in [0.25, 0.3) is 0 Å². The van der Waals surface area contributed by atoms with Gasteiger partial charge in [-0.3, -0.25) is 4.79 Å². The van der Waals surface area contributed by atoms with Crippen LogP contribution in [0.5, 0.6) is 0 Å². The van der Waals surface area contributed by atoms with E-state index in [1.807, 2.05) is 7.05 Å². The molecule has 0 radical (unpaired) electrons. The Hall–Kier alpha value is -1.34. The van der Waals surface area contributed by atoms with E-state index in [-0.39, 0.29) is 11.9 Å². The van der Waals surface area contributed by atoms with Gasteiger partial charge in [0.05, 0.1) is 0 Å². The number of anilines is 2. The maximum atomic E-state index is 12.5. The van der Waals surface area contributed by atoms with Crippen LogP contribution >= 0.6 is 11.3 Å². The van der Waals surface area contributed by atoms with Gasteiger partial charge in [0.25, 0.3) is 5.91 Å². The number of thiazole rings is 1. The van der Waals surface area contributed by atoms with Crippen molar-refractivity contribution in [1.29, 1.82) is 0 Å². The number of hydrogen-bond acceptors (Lipinski definition) is 6. The highest BCUT2D eigenvalue weighted by atomic mass is 32.1. The molecule has 21 heavy (non-hydrogen) atoms. The summed E-state index contributed by atoms with van der Waals surface area (Å²) < 4.78 is 0. The quantitative estimate of drug-likeness (QED) is 0.857. The van der Waals surface area contributed by atoms with Crippen LogP contribution in [0.2, 0.25) is 0 Å². The molecule has 1 aromatic rings. The van der Waals surface area contributed by atoms with E-state index in [1.54, 1.807) is 4.90 Å². The fourth-order valence-electron chi connectivity index (χ4n) is 2.42. The average Bonchev–Trinajstić information content (AvgIpc) is 3.03. The van der Waals surface area contributed by atoms with Gasteiger partial charge in [-0.2, -0.15) is 0 Å². The SMILES string of the molecule is CCC(C)CN(C)C(=O)c1sc(N2CCC(N)C2)nc1N. The Morgan fingerprint density at radius 1 is 1.62 bits per heavy atom. The summed E-state index contributed by atoms with van der Waals surface area (Å²) in [5, 5.41) is 0.806. The van der Waals surface area contributed by atoms with Crippen LogP contribution in [0.15, 0.2) is 0 Å². The van der Waals surface area contributed by atoms with Crippen molar-refractivity contribution in [2.45, 2.75) is 32.7 Å². The number of carbonyl (C=O) groups excluding carboxylic acids is 1. The van der Waals surface area contributed by atoms with E-state index < -0.39 is 0 Å². The molecule has 1 aromatic heterocycles. The molecule has 2 rings (SSSR count). The van der Waals surface area contributed by atoms with Gasteiger partial charge in [0.15, 0.2) is 5.13 Å². The third kappa shape index (κ3) is 3.65. The van der Waals surface area contributed by atoms with Crippen LogP contribution in [0.1, 0.15) is 36.4 Å². The van der Waals surface area contributed by atoms with Crippen molar-refractivity contribution in [1.82, 2.24) is 9.88 Å². The van der Waals surface area contributed by atoms with Gasteiger partial charge in [-0.15, -0.1) is 0 Å². The predicted molar refractivity (Wildman–Crippen MR) is 87.7 cm³/mol. The van der Waals surface area contributed by atoms with Gasteiger partial charge in [0.2, 0.25) is 0 Å². The fraction of sp³-hybridized carbons (Fsp3) is 0.714. The molecule has 0 aromatic carbocycles. The zero-order chi connectivity index (χ0) is 15.6. The highest BCUT2D eigenvalue weighted by Gasteiger charge is 2.26. The number of carbonyl (C=O) groups is 1.